The summed E-state index contributed by atoms with van der Waals surface area (Å²) in [5.74, 6) is 0. The SMILES string of the molecule is CC(C)(C)C(CNS(=O)(=O)c1ccc(Cl)nc1)NC(=O)O. The third kappa shape index (κ3) is 5.49. The first kappa shape index (κ1) is 17.7. The molecule has 0 radical (unpaired) electrons. The Balaban J connectivity index is 2.83. The second kappa shape index (κ2) is 6.59. The molecule has 1 atom stereocenters. The van der Waals surface area contributed by atoms with Crippen molar-refractivity contribution in [3.63, 3.8) is 0 Å². The van der Waals surface area contributed by atoms with Gasteiger partial charge in [0.25, 0.3) is 0 Å². The quantitative estimate of drug-likeness (QED) is 0.710. The van der Waals surface area contributed by atoms with E-state index in [0.29, 0.717) is 0 Å². The summed E-state index contributed by atoms with van der Waals surface area (Å²) in [6.45, 7) is 5.37. The number of hydrogen-bond acceptors (Lipinski definition) is 4. The molecule has 1 aromatic heterocycles. The molecule has 0 saturated heterocycles. The van der Waals surface area contributed by atoms with Gasteiger partial charge in [-0.05, 0) is 17.5 Å². The monoisotopic (exact) mass is 335 g/mol. The van der Waals surface area contributed by atoms with Gasteiger partial charge in [0, 0.05) is 12.7 Å². The Morgan fingerprint density at radius 3 is 2.48 bits per heavy atom. The Kier molecular flexibility index (Phi) is 5.54. The van der Waals surface area contributed by atoms with Gasteiger partial charge in [0.15, 0.2) is 0 Å². The highest BCUT2D eigenvalue weighted by atomic mass is 35.5. The minimum atomic E-state index is -3.77. The fourth-order valence-electron chi connectivity index (χ4n) is 1.52. The molecule has 21 heavy (non-hydrogen) atoms. The largest absolute Gasteiger partial charge is 0.465 e. The number of pyridine rings is 1. The molecule has 7 nitrogen and oxygen atoms in total. The highest BCUT2D eigenvalue weighted by molar-refractivity contribution is 7.89. The van der Waals surface area contributed by atoms with Crippen LogP contribution in [0, 0.1) is 5.41 Å². The molecule has 1 rings (SSSR count). The third-order valence-corrected chi connectivity index (χ3v) is 4.46. The van der Waals surface area contributed by atoms with Gasteiger partial charge in [-0.25, -0.2) is 22.9 Å². The molecule has 0 fully saturated rings. The Morgan fingerprint density at radius 2 is 2.05 bits per heavy atom. The average Bonchev–Trinajstić information content (AvgIpc) is 2.33. The molecule has 0 aliphatic carbocycles. The van der Waals surface area contributed by atoms with E-state index in [4.69, 9.17) is 16.7 Å². The first-order valence-electron chi connectivity index (χ1n) is 6.13. The molecule has 0 saturated carbocycles. The Labute approximate surface area is 128 Å². The van der Waals surface area contributed by atoms with E-state index in [2.05, 4.69) is 15.0 Å². The van der Waals surface area contributed by atoms with Crippen LogP contribution in [-0.2, 0) is 10.0 Å². The van der Waals surface area contributed by atoms with E-state index in [-0.39, 0.29) is 16.6 Å². The smallest absolute Gasteiger partial charge is 0.404 e. The average molecular weight is 336 g/mol. The predicted octanol–water partition coefficient (Wildman–Crippen LogP) is 1.70. The Morgan fingerprint density at radius 1 is 1.43 bits per heavy atom. The zero-order valence-corrected chi connectivity index (χ0v) is 13.5. The molecule has 9 heteroatoms. The fourth-order valence-corrected chi connectivity index (χ4v) is 2.62. The van der Waals surface area contributed by atoms with Gasteiger partial charge in [-0.15, -0.1) is 0 Å². The van der Waals surface area contributed by atoms with Crippen LogP contribution in [0.5, 0.6) is 0 Å². The summed E-state index contributed by atoms with van der Waals surface area (Å²) in [5.41, 5.74) is -0.445. The van der Waals surface area contributed by atoms with Crippen molar-refractivity contribution in [3.05, 3.63) is 23.5 Å². The van der Waals surface area contributed by atoms with Crippen LogP contribution in [0.1, 0.15) is 20.8 Å². The lowest BCUT2D eigenvalue weighted by Crippen LogP contribution is -2.50. The number of aromatic nitrogens is 1. The summed E-state index contributed by atoms with van der Waals surface area (Å²) >= 11 is 5.60. The lowest BCUT2D eigenvalue weighted by molar-refractivity contribution is 0.175. The number of hydrogen-bond donors (Lipinski definition) is 3. The van der Waals surface area contributed by atoms with Crippen molar-refractivity contribution in [1.82, 2.24) is 15.0 Å². The second-order valence-corrected chi connectivity index (χ2v) is 7.69. The van der Waals surface area contributed by atoms with E-state index >= 15 is 0 Å². The molecule has 1 amide bonds. The highest BCUT2D eigenvalue weighted by Gasteiger charge is 2.28. The number of carboxylic acid groups (broad SMARTS) is 1. The number of rotatable bonds is 5. The summed E-state index contributed by atoms with van der Waals surface area (Å²) in [5, 5.41) is 11.3. The van der Waals surface area contributed by atoms with Crippen molar-refractivity contribution in [2.75, 3.05) is 6.54 Å². The minimum Gasteiger partial charge on any atom is -0.465 e. The molecular weight excluding hydrogens is 318 g/mol. The normalized spacial score (nSPS) is 13.7. The van der Waals surface area contributed by atoms with Crippen molar-refractivity contribution in [2.45, 2.75) is 31.7 Å². The van der Waals surface area contributed by atoms with Crippen LogP contribution >= 0.6 is 11.6 Å². The molecule has 0 bridgehead atoms. The van der Waals surface area contributed by atoms with Crippen LogP contribution in [0.15, 0.2) is 23.2 Å². The predicted molar refractivity (Wildman–Crippen MR) is 78.8 cm³/mol. The molecule has 1 heterocycles. The van der Waals surface area contributed by atoms with Crippen LogP contribution in [0.2, 0.25) is 5.15 Å². The van der Waals surface area contributed by atoms with E-state index in [1.807, 2.05) is 20.8 Å². The third-order valence-electron chi connectivity index (χ3n) is 2.83. The first-order valence-corrected chi connectivity index (χ1v) is 7.99. The van der Waals surface area contributed by atoms with Crippen LogP contribution in [0.3, 0.4) is 0 Å². The molecule has 3 N–H and O–H groups in total. The Bertz CT molecular complexity index is 596. The molecule has 0 aliphatic rings. The van der Waals surface area contributed by atoms with Gasteiger partial charge in [-0.1, -0.05) is 32.4 Å². The maximum Gasteiger partial charge on any atom is 0.404 e. The number of carbonyl (C=O) groups is 1. The summed E-state index contributed by atoms with van der Waals surface area (Å²) in [7, 11) is -3.77. The molecule has 0 spiro atoms. The van der Waals surface area contributed by atoms with Crippen molar-refractivity contribution < 1.29 is 18.3 Å². The van der Waals surface area contributed by atoms with Gasteiger partial charge < -0.3 is 10.4 Å². The minimum absolute atomic E-state index is 0.0325. The number of nitrogens with one attached hydrogen (secondary N) is 2. The topological polar surface area (TPSA) is 108 Å². The fraction of sp³-hybridized carbons (Fsp3) is 0.500. The number of amides is 1. The van der Waals surface area contributed by atoms with E-state index < -0.39 is 27.6 Å². The second-order valence-electron chi connectivity index (χ2n) is 5.54. The van der Waals surface area contributed by atoms with Gasteiger partial charge in [-0.3, -0.25) is 0 Å². The maximum absolute atomic E-state index is 12.1. The maximum atomic E-state index is 12.1. The van der Waals surface area contributed by atoms with Gasteiger partial charge >= 0.3 is 6.09 Å². The van der Waals surface area contributed by atoms with E-state index in [9.17, 15) is 13.2 Å². The van der Waals surface area contributed by atoms with E-state index in [1.165, 1.54) is 12.1 Å². The van der Waals surface area contributed by atoms with Crippen LogP contribution < -0.4 is 10.0 Å². The van der Waals surface area contributed by atoms with Gasteiger partial charge in [0.2, 0.25) is 10.0 Å². The summed E-state index contributed by atoms with van der Waals surface area (Å²) in [6.07, 6.45) is -0.0660. The molecule has 1 unspecified atom stereocenters. The number of nitrogens with zero attached hydrogens (tertiary/aromatic N) is 1. The molecular formula is C12H18ClN3O4S. The van der Waals surface area contributed by atoms with Crippen molar-refractivity contribution in [3.8, 4) is 0 Å². The summed E-state index contributed by atoms with van der Waals surface area (Å²) in [4.78, 5) is 14.4. The summed E-state index contributed by atoms with van der Waals surface area (Å²) in [6, 6.07) is 2.12. The van der Waals surface area contributed by atoms with Crippen LogP contribution in [0.4, 0.5) is 4.79 Å². The molecule has 0 aliphatic heterocycles. The van der Waals surface area contributed by atoms with Crippen molar-refractivity contribution in [2.24, 2.45) is 5.41 Å². The Hall–Kier alpha value is -1.38. The van der Waals surface area contributed by atoms with E-state index in [1.54, 1.807) is 0 Å². The first-order chi connectivity index (χ1) is 9.52. The molecule has 1 aromatic rings. The van der Waals surface area contributed by atoms with Gasteiger partial charge in [0.05, 0.1) is 6.04 Å². The lowest BCUT2D eigenvalue weighted by Gasteiger charge is -2.30. The van der Waals surface area contributed by atoms with Crippen LogP contribution in [-0.4, -0.2) is 37.2 Å². The van der Waals surface area contributed by atoms with Crippen molar-refractivity contribution >= 4 is 27.7 Å². The van der Waals surface area contributed by atoms with Gasteiger partial charge in [0.1, 0.15) is 10.0 Å². The van der Waals surface area contributed by atoms with E-state index in [0.717, 1.165) is 6.20 Å². The van der Waals surface area contributed by atoms with Gasteiger partial charge in [-0.2, -0.15) is 0 Å². The zero-order valence-electron chi connectivity index (χ0n) is 11.9. The lowest BCUT2D eigenvalue weighted by atomic mass is 9.87. The highest BCUT2D eigenvalue weighted by Crippen LogP contribution is 2.19. The standard InChI is InChI=1S/C12H18ClN3O4S/c1-12(2,3)9(16-11(17)18)7-15-21(19,20)8-4-5-10(13)14-6-8/h4-6,9,15-16H,7H2,1-3H3,(H,17,18). The van der Waals surface area contributed by atoms with Crippen LogP contribution in [0.25, 0.3) is 0 Å². The molecule has 0 aromatic carbocycles. The summed E-state index contributed by atoms with van der Waals surface area (Å²) < 4.78 is 26.6. The zero-order chi connectivity index (χ0) is 16.3. The molecule has 118 valence electrons. The van der Waals surface area contributed by atoms with Crippen molar-refractivity contribution in [1.29, 1.82) is 0 Å². The number of halogens is 1. The number of sulfonamides is 1.